The van der Waals surface area contributed by atoms with E-state index in [1.165, 1.54) is 0 Å². The zero-order valence-corrected chi connectivity index (χ0v) is 8.49. The van der Waals surface area contributed by atoms with Crippen molar-refractivity contribution < 1.29 is 9.53 Å². The van der Waals surface area contributed by atoms with Crippen LogP contribution in [0.25, 0.3) is 0 Å². The first-order valence-electron chi connectivity index (χ1n) is 4.40. The summed E-state index contributed by atoms with van der Waals surface area (Å²) in [6.07, 6.45) is -0.335. The van der Waals surface area contributed by atoms with E-state index < -0.39 is 0 Å². The largest absolute Gasteiger partial charge is 0.444 e. The fraction of sp³-hybridized carbons (Fsp3) is 0.300. The molecule has 0 bridgehead atoms. The van der Waals surface area contributed by atoms with Crippen molar-refractivity contribution in [3.63, 3.8) is 0 Å². The van der Waals surface area contributed by atoms with Crippen LogP contribution in [0.2, 0.25) is 5.02 Å². The molecule has 0 radical (unpaired) electrons. The highest BCUT2D eigenvalue weighted by atomic mass is 35.5. The maximum atomic E-state index is 11.3. The van der Waals surface area contributed by atoms with Crippen molar-refractivity contribution in [3.8, 4) is 0 Å². The normalized spacial score (nSPS) is 21.1. The number of halogens is 1. The van der Waals surface area contributed by atoms with Gasteiger partial charge in [-0.3, -0.25) is 4.90 Å². The number of amides is 1. The summed E-state index contributed by atoms with van der Waals surface area (Å²) in [5.41, 5.74) is 0.823. The molecule has 0 saturated carbocycles. The number of carbonyl (C=O) groups is 1. The highest BCUT2D eigenvalue weighted by Crippen LogP contribution is 2.22. The Morgan fingerprint density at radius 2 is 2.07 bits per heavy atom. The van der Waals surface area contributed by atoms with E-state index in [-0.39, 0.29) is 12.2 Å². The van der Waals surface area contributed by atoms with Gasteiger partial charge in [0.1, 0.15) is 6.10 Å². The Bertz CT molecular complexity index is 350. The molecule has 0 spiro atoms. The summed E-state index contributed by atoms with van der Waals surface area (Å²) in [6, 6.07) is 7.13. The van der Waals surface area contributed by atoms with E-state index in [1.807, 2.05) is 19.1 Å². The summed E-state index contributed by atoms with van der Waals surface area (Å²) in [6.45, 7) is 2.47. The van der Waals surface area contributed by atoms with Crippen molar-refractivity contribution in [1.29, 1.82) is 0 Å². The van der Waals surface area contributed by atoms with E-state index in [1.54, 1.807) is 17.0 Å². The van der Waals surface area contributed by atoms with Crippen molar-refractivity contribution in [3.05, 3.63) is 29.3 Å². The smallest absolute Gasteiger partial charge is 0.414 e. The molecule has 1 saturated heterocycles. The first-order chi connectivity index (χ1) is 6.66. The zero-order chi connectivity index (χ0) is 10.1. The number of hydrogen-bond acceptors (Lipinski definition) is 2. The van der Waals surface area contributed by atoms with Crippen molar-refractivity contribution in [2.45, 2.75) is 13.0 Å². The Labute approximate surface area is 87.2 Å². The van der Waals surface area contributed by atoms with Crippen LogP contribution >= 0.6 is 11.6 Å². The van der Waals surface area contributed by atoms with Gasteiger partial charge in [-0.15, -0.1) is 0 Å². The molecule has 0 N–H and O–H groups in total. The van der Waals surface area contributed by atoms with Crippen molar-refractivity contribution >= 4 is 23.4 Å². The lowest BCUT2D eigenvalue weighted by atomic mass is 10.3. The number of cyclic esters (lactones) is 1. The van der Waals surface area contributed by atoms with Crippen LogP contribution in [-0.4, -0.2) is 18.7 Å². The fourth-order valence-electron chi connectivity index (χ4n) is 1.44. The minimum Gasteiger partial charge on any atom is -0.444 e. The predicted octanol–water partition coefficient (Wildman–Crippen LogP) is 2.69. The van der Waals surface area contributed by atoms with Crippen LogP contribution in [-0.2, 0) is 4.74 Å². The molecular formula is C10H10ClNO2. The van der Waals surface area contributed by atoms with Gasteiger partial charge in [-0.1, -0.05) is 11.6 Å². The van der Waals surface area contributed by atoms with E-state index in [9.17, 15) is 4.79 Å². The first kappa shape index (κ1) is 9.34. The lowest BCUT2D eigenvalue weighted by Crippen LogP contribution is -2.23. The Morgan fingerprint density at radius 1 is 1.43 bits per heavy atom. The number of rotatable bonds is 1. The van der Waals surface area contributed by atoms with Crippen molar-refractivity contribution in [2.24, 2.45) is 0 Å². The van der Waals surface area contributed by atoms with Gasteiger partial charge in [-0.2, -0.15) is 0 Å². The number of ether oxygens (including phenoxy) is 1. The van der Waals surface area contributed by atoms with Crippen LogP contribution in [0, 0.1) is 0 Å². The van der Waals surface area contributed by atoms with Crippen LogP contribution in [0.15, 0.2) is 24.3 Å². The molecular weight excluding hydrogens is 202 g/mol. The molecule has 1 aromatic carbocycles. The van der Waals surface area contributed by atoms with Gasteiger partial charge in [-0.25, -0.2) is 4.79 Å². The zero-order valence-electron chi connectivity index (χ0n) is 7.74. The fourth-order valence-corrected chi connectivity index (χ4v) is 1.56. The number of carbonyl (C=O) groups excluding carboxylic acids is 1. The van der Waals surface area contributed by atoms with Crippen LogP contribution in [0.3, 0.4) is 0 Å². The second-order valence-electron chi connectivity index (χ2n) is 3.28. The number of anilines is 1. The average molecular weight is 212 g/mol. The minimum absolute atomic E-state index is 0.0434. The number of nitrogens with zero attached hydrogens (tertiary/aromatic N) is 1. The Kier molecular flexibility index (Phi) is 2.33. The lowest BCUT2D eigenvalue weighted by Gasteiger charge is -2.12. The summed E-state index contributed by atoms with van der Waals surface area (Å²) in [4.78, 5) is 12.9. The third-order valence-electron chi connectivity index (χ3n) is 2.10. The second-order valence-corrected chi connectivity index (χ2v) is 3.72. The van der Waals surface area contributed by atoms with Crippen LogP contribution in [0.1, 0.15) is 6.92 Å². The molecule has 14 heavy (non-hydrogen) atoms. The van der Waals surface area contributed by atoms with Crippen molar-refractivity contribution in [1.82, 2.24) is 0 Å². The Hall–Kier alpha value is -1.22. The number of benzene rings is 1. The molecule has 4 heteroatoms. The molecule has 1 aromatic rings. The molecule has 1 fully saturated rings. The summed E-state index contributed by atoms with van der Waals surface area (Å²) in [5.74, 6) is 0. The van der Waals surface area contributed by atoms with Crippen LogP contribution in [0.5, 0.6) is 0 Å². The SMILES string of the molecule is C[C@@H]1CN(c2ccc(Cl)cc2)C(=O)O1. The van der Waals surface area contributed by atoms with Gasteiger partial charge >= 0.3 is 6.09 Å². The maximum Gasteiger partial charge on any atom is 0.414 e. The maximum absolute atomic E-state index is 11.3. The van der Waals surface area contributed by atoms with E-state index in [2.05, 4.69) is 0 Å². The van der Waals surface area contributed by atoms with Gasteiger partial charge in [-0.05, 0) is 31.2 Å². The van der Waals surface area contributed by atoms with Gasteiger partial charge in [0.15, 0.2) is 0 Å². The minimum atomic E-state index is -0.292. The molecule has 1 amide bonds. The summed E-state index contributed by atoms with van der Waals surface area (Å²) < 4.78 is 5.01. The topological polar surface area (TPSA) is 29.5 Å². The molecule has 74 valence electrons. The van der Waals surface area contributed by atoms with Crippen LogP contribution in [0.4, 0.5) is 10.5 Å². The van der Waals surface area contributed by atoms with Crippen LogP contribution < -0.4 is 4.90 Å². The van der Waals surface area contributed by atoms with Gasteiger partial charge in [0, 0.05) is 10.7 Å². The number of hydrogen-bond donors (Lipinski definition) is 0. The molecule has 2 rings (SSSR count). The van der Waals surface area contributed by atoms with Crippen molar-refractivity contribution in [2.75, 3.05) is 11.4 Å². The van der Waals surface area contributed by atoms with Gasteiger partial charge in [0.25, 0.3) is 0 Å². The first-order valence-corrected chi connectivity index (χ1v) is 4.78. The van der Waals surface area contributed by atoms with E-state index >= 15 is 0 Å². The molecule has 3 nitrogen and oxygen atoms in total. The highest BCUT2D eigenvalue weighted by Gasteiger charge is 2.28. The lowest BCUT2D eigenvalue weighted by molar-refractivity contribution is 0.150. The molecule has 1 heterocycles. The highest BCUT2D eigenvalue weighted by molar-refractivity contribution is 6.30. The summed E-state index contributed by atoms with van der Waals surface area (Å²) >= 11 is 5.75. The standard InChI is InChI=1S/C10H10ClNO2/c1-7-6-12(10(13)14-7)9-4-2-8(11)3-5-9/h2-5,7H,6H2,1H3/t7-/m1/s1. The van der Waals surface area contributed by atoms with E-state index in [0.717, 1.165) is 5.69 Å². The monoisotopic (exact) mass is 211 g/mol. The molecule has 0 unspecified atom stereocenters. The average Bonchev–Trinajstić information content (AvgIpc) is 2.47. The summed E-state index contributed by atoms with van der Waals surface area (Å²) in [7, 11) is 0. The quantitative estimate of drug-likeness (QED) is 0.715. The van der Waals surface area contributed by atoms with E-state index in [0.29, 0.717) is 11.6 Å². The second kappa shape index (κ2) is 3.50. The van der Waals surface area contributed by atoms with Gasteiger partial charge in [0.2, 0.25) is 0 Å². The Morgan fingerprint density at radius 3 is 2.57 bits per heavy atom. The Balaban J connectivity index is 2.23. The van der Waals surface area contributed by atoms with Gasteiger partial charge < -0.3 is 4.74 Å². The molecule has 0 aromatic heterocycles. The van der Waals surface area contributed by atoms with Gasteiger partial charge in [0.05, 0.1) is 6.54 Å². The molecule has 1 aliphatic rings. The molecule has 0 aliphatic carbocycles. The third-order valence-corrected chi connectivity index (χ3v) is 2.35. The third kappa shape index (κ3) is 1.68. The molecule has 1 atom stereocenters. The molecule has 1 aliphatic heterocycles. The van der Waals surface area contributed by atoms with E-state index in [4.69, 9.17) is 16.3 Å². The predicted molar refractivity (Wildman–Crippen MR) is 54.7 cm³/mol. The summed E-state index contributed by atoms with van der Waals surface area (Å²) in [5, 5.41) is 0.661.